The van der Waals surface area contributed by atoms with Gasteiger partial charge >= 0.3 is 0 Å². The number of aryl methyl sites for hydroxylation is 4. The summed E-state index contributed by atoms with van der Waals surface area (Å²) < 4.78 is 2.83. The number of benzene rings is 3. The average Bonchev–Trinajstić information content (AvgIpc) is 3.03. The molecule has 4 aromatic rings. The Kier molecular flexibility index (Phi) is 5.80. The van der Waals surface area contributed by atoms with Crippen LogP contribution in [0, 0.1) is 27.7 Å². The zero-order chi connectivity index (χ0) is 21.6. The van der Waals surface area contributed by atoms with E-state index in [1.807, 2.05) is 16.8 Å². The van der Waals surface area contributed by atoms with Crippen LogP contribution in [0.5, 0.6) is 0 Å². The molecule has 0 bridgehead atoms. The molecular formula is C25H21BrCl2N2. The molecule has 0 aliphatic rings. The fourth-order valence-electron chi connectivity index (χ4n) is 3.44. The molecule has 0 N–H and O–H groups in total. The summed E-state index contributed by atoms with van der Waals surface area (Å²) >= 11 is 16.6. The Labute approximate surface area is 195 Å². The van der Waals surface area contributed by atoms with Gasteiger partial charge in [0.1, 0.15) is 5.69 Å². The molecule has 0 amide bonds. The zero-order valence-corrected chi connectivity index (χ0v) is 20.3. The molecule has 152 valence electrons. The second-order valence-electron chi connectivity index (χ2n) is 7.62. The molecule has 0 atom stereocenters. The van der Waals surface area contributed by atoms with E-state index >= 15 is 0 Å². The summed E-state index contributed by atoms with van der Waals surface area (Å²) in [7, 11) is 0. The third-order valence-electron chi connectivity index (χ3n) is 5.53. The summed E-state index contributed by atoms with van der Waals surface area (Å²) in [6.07, 6.45) is 0. The summed E-state index contributed by atoms with van der Waals surface area (Å²) in [5.41, 5.74) is 9.69. The molecular weight excluding hydrogens is 479 g/mol. The highest BCUT2D eigenvalue weighted by molar-refractivity contribution is 9.10. The highest BCUT2D eigenvalue weighted by Crippen LogP contribution is 2.40. The van der Waals surface area contributed by atoms with Gasteiger partial charge in [0, 0.05) is 16.1 Å². The number of rotatable bonds is 3. The largest absolute Gasteiger partial charge is 0.230 e. The van der Waals surface area contributed by atoms with Crippen LogP contribution < -0.4 is 0 Å². The SMILES string of the molecule is Cc1ccc(-c2nn(-c3ccc(Cl)cc3Cl)c(-c3ccc(C)c(C)c3)c2Br)cc1C. The van der Waals surface area contributed by atoms with E-state index in [2.05, 4.69) is 80.0 Å². The van der Waals surface area contributed by atoms with Gasteiger partial charge in [-0.25, -0.2) is 4.68 Å². The number of hydrogen-bond donors (Lipinski definition) is 0. The van der Waals surface area contributed by atoms with E-state index in [4.69, 9.17) is 28.3 Å². The van der Waals surface area contributed by atoms with Crippen molar-refractivity contribution in [3.8, 4) is 28.2 Å². The third-order valence-corrected chi connectivity index (χ3v) is 6.82. The lowest BCUT2D eigenvalue weighted by molar-refractivity contribution is 0.891. The smallest absolute Gasteiger partial charge is 0.108 e. The van der Waals surface area contributed by atoms with E-state index in [1.165, 1.54) is 22.3 Å². The Balaban J connectivity index is 2.02. The standard InChI is InChI=1S/C25H21BrCl2N2/c1-14-5-7-18(11-16(14)3)24-23(26)25(19-8-6-15(2)17(4)12-19)30(29-24)22-10-9-20(27)13-21(22)28/h5-13H,1-4H3. The van der Waals surface area contributed by atoms with Crippen LogP contribution in [0.15, 0.2) is 59.1 Å². The maximum Gasteiger partial charge on any atom is 0.108 e. The monoisotopic (exact) mass is 498 g/mol. The van der Waals surface area contributed by atoms with E-state index in [0.717, 1.165) is 32.7 Å². The summed E-state index contributed by atoms with van der Waals surface area (Å²) in [6.45, 7) is 8.46. The first-order chi connectivity index (χ1) is 14.3. The van der Waals surface area contributed by atoms with Gasteiger partial charge in [0.15, 0.2) is 0 Å². The predicted octanol–water partition coefficient (Wildman–Crippen LogP) is 8.51. The second kappa shape index (κ2) is 8.22. The van der Waals surface area contributed by atoms with Crippen LogP contribution in [-0.4, -0.2) is 9.78 Å². The third kappa shape index (κ3) is 3.82. The fraction of sp³-hybridized carbons (Fsp3) is 0.160. The van der Waals surface area contributed by atoms with Crippen LogP contribution in [0.4, 0.5) is 0 Å². The first kappa shape index (κ1) is 21.2. The molecule has 0 saturated carbocycles. The lowest BCUT2D eigenvalue weighted by Gasteiger charge is -2.11. The zero-order valence-electron chi connectivity index (χ0n) is 17.2. The van der Waals surface area contributed by atoms with Gasteiger partial charge in [0.2, 0.25) is 0 Å². The van der Waals surface area contributed by atoms with Crippen LogP contribution >= 0.6 is 39.1 Å². The van der Waals surface area contributed by atoms with Gasteiger partial charge in [-0.3, -0.25) is 0 Å². The van der Waals surface area contributed by atoms with Crippen molar-refractivity contribution in [3.63, 3.8) is 0 Å². The first-order valence-corrected chi connectivity index (χ1v) is 11.2. The minimum Gasteiger partial charge on any atom is -0.230 e. The van der Waals surface area contributed by atoms with Crippen molar-refractivity contribution < 1.29 is 0 Å². The highest BCUT2D eigenvalue weighted by atomic mass is 79.9. The molecule has 0 aliphatic carbocycles. The molecule has 0 spiro atoms. The van der Waals surface area contributed by atoms with Crippen molar-refractivity contribution in [2.75, 3.05) is 0 Å². The fourth-order valence-corrected chi connectivity index (χ4v) is 4.63. The Morgan fingerprint density at radius 1 is 0.733 bits per heavy atom. The Bertz CT molecular complexity index is 1270. The van der Waals surface area contributed by atoms with E-state index in [0.29, 0.717) is 10.0 Å². The van der Waals surface area contributed by atoms with Crippen molar-refractivity contribution >= 4 is 39.1 Å². The van der Waals surface area contributed by atoms with E-state index < -0.39 is 0 Å². The van der Waals surface area contributed by atoms with Gasteiger partial charge < -0.3 is 0 Å². The predicted molar refractivity (Wildman–Crippen MR) is 131 cm³/mol. The van der Waals surface area contributed by atoms with Crippen LogP contribution in [-0.2, 0) is 0 Å². The summed E-state index contributed by atoms with van der Waals surface area (Å²) in [6, 6.07) is 18.3. The lowest BCUT2D eigenvalue weighted by Crippen LogP contribution is -2.01. The van der Waals surface area contributed by atoms with E-state index in [-0.39, 0.29) is 0 Å². The maximum absolute atomic E-state index is 6.57. The molecule has 2 nitrogen and oxygen atoms in total. The lowest BCUT2D eigenvalue weighted by atomic mass is 10.0. The normalized spacial score (nSPS) is 11.2. The quantitative estimate of drug-likeness (QED) is 0.276. The topological polar surface area (TPSA) is 17.8 Å². The van der Waals surface area contributed by atoms with E-state index in [9.17, 15) is 0 Å². The van der Waals surface area contributed by atoms with Crippen LogP contribution in [0.25, 0.3) is 28.2 Å². The second-order valence-corrected chi connectivity index (χ2v) is 9.25. The molecule has 0 saturated heterocycles. The Morgan fingerprint density at radius 3 is 1.93 bits per heavy atom. The van der Waals surface area contributed by atoms with Crippen LogP contribution in [0.3, 0.4) is 0 Å². The molecule has 1 heterocycles. The van der Waals surface area contributed by atoms with Crippen molar-refractivity contribution in [1.29, 1.82) is 0 Å². The average molecular weight is 500 g/mol. The summed E-state index contributed by atoms with van der Waals surface area (Å²) in [5.74, 6) is 0. The number of hydrogen-bond acceptors (Lipinski definition) is 1. The molecule has 0 unspecified atom stereocenters. The molecule has 0 fully saturated rings. The van der Waals surface area contributed by atoms with Gasteiger partial charge in [0.05, 0.1) is 20.9 Å². The molecule has 0 radical (unpaired) electrons. The van der Waals surface area contributed by atoms with Crippen molar-refractivity contribution in [3.05, 3.63) is 91.4 Å². The highest BCUT2D eigenvalue weighted by Gasteiger charge is 2.22. The Morgan fingerprint density at radius 2 is 1.33 bits per heavy atom. The van der Waals surface area contributed by atoms with Gasteiger partial charge in [-0.15, -0.1) is 0 Å². The molecule has 1 aromatic heterocycles. The van der Waals surface area contributed by atoms with Crippen molar-refractivity contribution in [2.45, 2.75) is 27.7 Å². The number of aromatic nitrogens is 2. The summed E-state index contributed by atoms with van der Waals surface area (Å²) in [4.78, 5) is 0. The van der Waals surface area contributed by atoms with Crippen molar-refractivity contribution in [1.82, 2.24) is 9.78 Å². The van der Waals surface area contributed by atoms with Gasteiger partial charge in [0.25, 0.3) is 0 Å². The Hall–Kier alpha value is -2.07. The minimum atomic E-state index is 0.550. The van der Waals surface area contributed by atoms with Crippen LogP contribution in [0.1, 0.15) is 22.3 Å². The summed E-state index contributed by atoms with van der Waals surface area (Å²) in [5, 5.41) is 6.13. The molecule has 30 heavy (non-hydrogen) atoms. The number of nitrogens with zero attached hydrogens (tertiary/aromatic N) is 2. The minimum absolute atomic E-state index is 0.550. The molecule has 5 heteroatoms. The number of halogens is 3. The van der Waals surface area contributed by atoms with Crippen LogP contribution in [0.2, 0.25) is 10.0 Å². The molecule has 3 aromatic carbocycles. The van der Waals surface area contributed by atoms with Gasteiger partial charge in [-0.2, -0.15) is 5.10 Å². The van der Waals surface area contributed by atoms with E-state index in [1.54, 1.807) is 6.07 Å². The molecule has 0 aliphatic heterocycles. The maximum atomic E-state index is 6.57. The van der Waals surface area contributed by atoms with Crippen molar-refractivity contribution in [2.24, 2.45) is 0 Å². The molecule has 4 rings (SSSR count). The van der Waals surface area contributed by atoms with Gasteiger partial charge in [-0.1, -0.05) is 47.5 Å². The first-order valence-electron chi connectivity index (χ1n) is 9.65. The van der Waals surface area contributed by atoms with Gasteiger partial charge in [-0.05, 0) is 96.2 Å².